The summed E-state index contributed by atoms with van der Waals surface area (Å²) in [5, 5.41) is 11.7. The van der Waals surface area contributed by atoms with E-state index < -0.39 is 5.82 Å². The summed E-state index contributed by atoms with van der Waals surface area (Å²) in [6.07, 6.45) is 1.78. The lowest BCUT2D eigenvalue weighted by molar-refractivity contribution is 0.387. The molecule has 0 atom stereocenters. The Hall–Kier alpha value is -3.28. The van der Waals surface area contributed by atoms with Crippen molar-refractivity contribution in [3.8, 4) is 22.8 Å². The number of aromatic nitrogens is 2. The molecule has 4 rings (SSSR count). The number of rotatable bonds is 3. The van der Waals surface area contributed by atoms with E-state index in [1.807, 2.05) is 25.1 Å². The van der Waals surface area contributed by atoms with E-state index in [0.29, 0.717) is 28.7 Å². The first kappa shape index (κ1) is 16.2. The second kappa shape index (κ2) is 5.91. The van der Waals surface area contributed by atoms with Gasteiger partial charge in [0, 0.05) is 23.7 Å². The van der Waals surface area contributed by atoms with Crippen LogP contribution in [-0.2, 0) is 6.54 Å². The van der Waals surface area contributed by atoms with E-state index in [1.54, 1.807) is 22.9 Å². The third-order valence-electron chi connectivity index (χ3n) is 4.66. The number of ether oxygens (including phenoxy) is 1. The van der Waals surface area contributed by atoms with E-state index in [0.717, 1.165) is 16.5 Å². The summed E-state index contributed by atoms with van der Waals surface area (Å²) < 4.78 is 20.6. The topological polar surface area (TPSA) is 73.3 Å². The van der Waals surface area contributed by atoms with Crippen LogP contribution in [0.5, 0.6) is 11.6 Å². The highest BCUT2D eigenvalue weighted by molar-refractivity contribution is 6.12. The molecular formula is C20H18FN3O2. The Kier molecular flexibility index (Phi) is 3.68. The molecule has 3 N–H and O–H groups in total. The van der Waals surface area contributed by atoms with E-state index in [9.17, 15) is 9.50 Å². The zero-order valence-corrected chi connectivity index (χ0v) is 14.5. The molecule has 2 aromatic heterocycles. The average Bonchev–Trinajstić information content (AvgIpc) is 2.98. The number of fused-ring (bicyclic) bond motifs is 2. The van der Waals surface area contributed by atoms with Gasteiger partial charge in [0.05, 0.1) is 29.2 Å². The van der Waals surface area contributed by atoms with Crippen LogP contribution in [0.1, 0.15) is 6.92 Å². The number of para-hydroxylation sites is 1. The minimum absolute atomic E-state index is 0.114. The molecule has 0 unspecified atom stereocenters. The smallest absolute Gasteiger partial charge is 0.202 e. The largest absolute Gasteiger partial charge is 0.494 e. The van der Waals surface area contributed by atoms with Crippen LogP contribution in [0.15, 0.2) is 42.6 Å². The van der Waals surface area contributed by atoms with E-state index >= 15 is 0 Å². The average molecular weight is 351 g/mol. The van der Waals surface area contributed by atoms with Crippen molar-refractivity contribution in [1.82, 2.24) is 9.55 Å². The lowest BCUT2D eigenvalue weighted by Crippen LogP contribution is -1.94. The lowest BCUT2D eigenvalue weighted by atomic mass is 10.00. The molecule has 0 aliphatic rings. The van der Waals surface area contributed by atoms with Gasteiger partial charge in [0.1, 0.15) is 0 Å². The molecule has 6 heteroatoms. The van der Waals surface area contributed by atoms with Crippen molar-refractivity contribution in [2.45, 2.75) is 13.5 Å². The van der Waals surface area contributed by atoms with Crippen molar-refractivity contribution in [1.29, 1.82) is 0 Å². The van der Waals surface area contributed by atoms with Gasteiger partial charge < -0.3 is 20.1 Å². The summed E-state index contributed by atoms with van der Waals surface area (Å²) in [7, 11) is 1.43. The van der Waals surface area contributed by atoms with Crippen LogP contribution in [0.3, 0.4) is 0 Å². The van der Waals surface area contributed by atoms with Crippen molar-refractivity contribution in [3.63, 3.8) is 0 Å². The van der Waals surface area contributed by atoms with Gasteiger partial charge in [0.25, 0.3) is 0 Å². The number of nitrogens with zero attached hydrogens (tertiary/aromatic N) is 2. The van der Waals surface area contributed by atoms with Crippen molar-refractivity contribution >= 4 is 27.5 Å². The molecule has 0 radical (unpaired) electrons. The number of aryl methyl sites for hydroxylation is 1. The van der Waals surface area contributed by atoms with Gasteiger partial charge in [-0.05, 0) is 24.6 Å². The van der Waals surface area contributed by atoms with Crippen molar-refractivity contribution in [3.05, 3.63) is 48.4 Å². The number of nitrogens with two attached hydrogens (primary N) is 1. The fraction of sp³-hybridized carbons (Fsp3) is 0.150. The highest BCUT2D eigenvalue weighted by Gasteiger charge is 2.17. The molecule has 0 spiro atoms. The van der Waals surface area contributed by atoms with Crippen LogP contribution in [-0.4, -0.2) is 21.8 Å². The van der Waals surface area contributed by atoms with Crippen LogP contribution < -0.4 is 10.5 Å². The SMILES string of the molecule is CCn1cc2nc3c(-c4ccc(F)c(OC)c4)cccc3c(N)c2c1O. The Morgan fingerprint density at radius 1 is 1.27 bits per heavy atom. The van der Waals surface area contributed by atoms with Gasteiger partial charge >= 0.3 is 0 Å². The maximum absolute atomic E-state index is 13.8. The Balaban J connectivity index is 2.06. The van der Waals surface area contributed by atoms with E-state index in [-0.39, 0.29) is 11.6 Å². The molecule has 132 valence electrons. The van der Waals surface area contributed by atoms with Crippen molar-refractivity contribution in [2.75, 3.05) is 12.8 Å². The first-order chi connectivity index (χ1) is 12.5. The molecule has 26 heavy (non-hydrogen) atoms. The monoisotopic (exact) mass is 351 g/mol. The van der Waals surface area contributed by atoms with Gasteiger partial charge in [-0.3, -0.25) is 0 Å². The fourth-order valence-corrected chi connectivity index (χ4v) is 3.31. The normalized spacial score (nSPS) is 11.3. The third-order valence-corrected chi connectivity index (χ3v) is 4.66. The minimum Gasteiger partial charge on any atom is -0.494 e. The van der Waals surface area contributed by atoms with E-state index in [1.165, 1.54) is 13.2 Å². The molecular weight excluding hydrogens is 333 g/mol. The summed E-state index contributed by atoms with van der Waals surface area (Å²) in [5.74, 6) is -0.136. The van der Waals surface area contributed by atoms with Crippen molar-refractivity contribution in [2.24, 2.45) is 0 Å². The second-order valence-electron chi connectivity index (χ2n) is 6.08. The Morgan fingerprint density at radius 3 is 2.81 bits per heavy atom. The predicted molar refractivity (Wildman–Crippen MR) is 101 cm³/mol. The molecule has 0 fully saturated rings. The summed E-state index contributed by atoms with van der Waals surface area (Å²) in [4.78, 5) is 4.73. The highest BCUT2D eigenvalue weighted by Crippen LogP contribution is 2.39. The molecule has 0 amide bonds. The van der Waals surface area contributed by atoms with Crippen LogP contribution in [0, 0.1) is 5.82 Å². The van der Waals surface area contributed by atoms with Gasteiger partial charge in [0.15, 0.2) is 11.6 Å². The van der Waals surface area contributed by atoms with Gasteiger partial charge in [-0.1, -0.05) is 24.3 Å². The summed E-state index contributed by atoms with van der Waals surface area (Å²) >= 11 is 0. The maximum Gasteiger partial charge on any atom is 0.202 e. The summed E-state index contributed by atoms with van der Waals surface area (Å²) in [5.41, 5.74) is 9.74. The Bertz CT molecular complexity index is 1150. The highest BCUT2D eigenvalue weighted by atomic mass is 19.1. The number of benzene rings is 2. The first-order valence-corrected chi connectivity index (χ1v) is 8.29. The predicted octanol–water partition coefficient (Wildman–Crippen LogP) is 4.31. The number of pyridine rings is 1. The fourth-order valence-electron chi connectivity index (χ4n) is 3.31. The van der Waals surface area contributed by atoms with Gasteiger partial charge in [0.2, 0.25) is 5.88 Å². The number of methoxy groups -OCH3 is 1. The third kappa shape index (κ3) is 2.26. The number of anilines is 1. The number of halogens is 1. The maximum atomic E-state index is 13.8. The lowest BCUT2D eigenvalue weighted by Gasteiger charge is -2.11. The number of aromatic hydroxyl groups is 1. The van der Waals surface area contributed by atoms with E-state index in [4.69, 9.17) is 15.5 Å². The molecule has 2 heterocycles. The number of nitrogen functional groups attached to an aromatic ring is 1. The molecule has 0 saturated carbocycles. The molecule has 4 aromatic rings. The van der Waals surface area contributed by atoms with E-state index in [2.05, 4.69) is 0 Å². The zero-order valence-electron chi connectivity index (χ0n) is 14.5. The van der Waals surface area contributed by atoms with Crippen LogP contribution >= 0.6 is 0 Å². The summed E-state index contributed by atoms with van der Waals surface area (Å²) in [6, 6.07) is 10.3. The van der Waals surface area contributed by atoms with Crippen LogP contribution in [0.4, 0.5) is 10.1 Å². The summed E-state index contributed by atoms with van der Waals surface area (Å²) in [6.45, 7) is 2.55. The molecule has 5 nitrogen and oxygen atoms in total. The zero-order chi connectivity index (χ0) is 18.4. The quantitative estimate of drug-likeness (QED) is 0.577. The number of hydrogen-bond acceptors (Lipinski definition) is 4. The number of hydrogen-bond donors (Lipinski definition) is 2. The first-order valence-electron chi connectivity index (χ1n) is 8.29. The standard InChI is InChI=1S/C20H18FN3O2/c1-3-24-10-15-17(20(24)25)18(22)13-6-4-5-12(19(13)23-15)11-7-8-14(21)16(9-11)26-2/h4-10,25H,3,22H2,1-2H3. The molecule has 0 aliphatic heterocycles. The van der Waals surface area contributed by atoms with Gasteiger partial charge in [-0.25, -0.2) is 9.37 Å². The Morgan fingerprint density at radius 2 is 2.08 bits per heavy atom. The van der Waals surface area contributed by atoms with Crippen LogP contribution in [0.2, 0.25) is 0 Å². The molecule has 0 saturated heterocycles. The molecule has 0 bridgehead atoms. The molecule has 0 aliphatic carbocycles. The van der Waals surface area contributed by atoms with Gasteiger partial charge in [-0.15, -0.1) is 0 Å². The Labute approximate surface area is 149 Å². The van der Waals surface area contributed by atoms with Crippen molar-refractivity contribution < 1.29 is 14.2 Å². The van der Waals surface area contributed by atoms with Crippen LogP contribution in [0.25, 0.3) is 32.9 Å². The van der Waals surface area contributed by atoms with Gasteiger partial charge in [-0.2, -0.15) is 0 Å². The second-order valence-corrected chi connectivity index (χ2v) is 6.08. The molecule has 2 aromatic carbocycles. The minimum atomic E-state index is -0.420.